The van der Waals surface area contributed by atoms with Crippen molar-refractivity contribution in [1.29, 1.82) is 0 Å². The van der Waals surface area contributed by atoms with Crippen LogP contribution in [0.4, 0.5) is 0 Å². The summed E-state index contributed by atoms with van der Waals surface area (Å²) in [6.07, 6.45) is 9.94. The quantitative estimate of drug-likeness (QED) is 0.551. The summed E-state index contributed by atoms with van der Waals surface area (Å²) in [5.41, 5.74) is 5.57. The van der Waals surface area contributed by atoms with Gasteiger partial charge in [-0.25, -0.2) is 4.98 Å². The van der Waals surface area contributed by atoms with Crippen molar-refractivity contribution in [1.82, 2.24) is 29.6 Å². The molecular formula is C22H24N6O. The van der Waals surface area contributed by atoms with E-state index in [4.69, 9.17) is 0 Å². The first-order valence-electron chi connectivity index (χ1n) is 10.0. The van der Waals surface area contributed by atoms with Crippen molar-refractivity contribution in [3.8, 4) is 0 Å². The van der Waals surface area contributed by atoms with Crippen LogP contribution < -0.4 is 0 Å². The summed E-state index contributed by atoms with van der Waals surface area (Å²) >= 11 is 0. The minimum atomic E-state index is 0.0660. The second-order valence-corrected chi connectivity index (χ2v) is 7.75. The Hall–Kier alpha value is -3.35. The van der Waals surface area contributed by atoms with E-state index in [0.717, 1.165) is 35.3 Å². The van der Waals surface area contributed by atoms with Gasteiger partial charge in [0, 0.05) is 54.8 Å². The standard InChI is InChI=1S/C22H24N6O/c1-27-11-16(10-26-27)18-12-28(13-20-22(18)25-14-24-20)21(29)8-4-5-15-9-23-19-7-3-2-6-17(15)19/h2-3,6-7,9-11,14,18,23H,4-5,8,12-13H2,1H3,(H,24,25). The normalized spacial score (nSPS) is 16.3. The first-order chi connectivity index (χ1) is 14.2. The topological polar surface area (TPSA) is 82.6 Å². The molecule has 5 rings (SSSR count). The number of aryl methyl sites for hydroxylation is 2. The van der Waals surface area contributed by atoms with E-state index >= 15 is 0 Å². The van der Waals surface area contributed by atoms with Crippen molar-refractivity contribution in [3.05, 3.63) is 71.7 Å². The lowest BCUT2D eigenvalue weighted by Crippen LogP contribution is -2.38. The van der Waals surface area contributed by atoms with E-state index in [1.807, 2.05) is 30.4 Å². The Balaban J connectivity index is 1.26. The third-order valence-electron chi connectivity index (χ3n) is 5.83. The highest BCUT2D eigenvalue weighted by molar-refractivity contribution is 5.83. The van der Waals surface area contributed by atoms with Gasteiger partial charge in [-0.05, 0) is 24.5 Å². The fraction of sp³-hybridized carbons (Fsp3) is 0.318. The van der Waals surface area contributed by atoms with Crippen LogP contribution in [0.15, 0.2) is 49.2 Å². The van der Waals surface area contributed by atoms with E-state index in [1.165, 1.54) is 10.9 Å². The van der Waals surface area contributed by atoms with Gasteiger partial charge in [0.05, 0.1) is 30.5 Å². The molecular weight excluding hydrogens is 364 g/mol. The molecule has 7 nitrogen and oxygen atoms in total. The SMILES string of the molecule is Cn1cc(C2CN(C(=O)CCCc3c[nH]c4ccccc34)Cc3[nH]cnc32)cn1. The number of nitrogens with one attached hydrogen (secondary N) is 2. The van der Waals surface area contributed by atoms with Crippen molar-refractivity contribution in [2.24, 2.45) is 7.05 Å². The Bertz CT molecular complexity index is 1150. The molecule has 0 radical (unpaired) electrons. The summed E-state index contributed by atoms with van der Waals surface area (Å²) in [5, 5.41) is 5.54. The maximum atomic E-state index is 13.0. The first kappa shape index (κ1) is 17.7. The van der Waals surface area contributed by atoms with Crippen molar-refractivity contribution in [2.75, 3.05) is 6.54 Å². The van der Waals surface area contributed by atoms with Crippen LogP contribution in [0.2, 0.25) is 0 Å². The van der Waals surface area contributed by atoms with Gasteiger partial charge in [0.2, 0.25) is 5.91 Å². The number of hydrogen-bond acceptors (Lipinski definition) is 3. The van der Waals surface area contributed by atoms with E-state index in [2.05, 4.69) is 44.4 Å². The average molecular weight is 388 g/mol. The summed E-state index contributed by atoms with van der Waals surface area (Å²) in [6.45, 7) is 1.24. The third kappa shape index (κ3) is 3.33. The number of rotatable bonds is 5. The number of benzene rings is 1. The van der Waals surface area contributed by atoms with Gasteiger partial charge in [-0.2, -0.15) is 5.10 Å². The molecule has 3 aromatic heterocycles. The molecule has 1 amide bonds. The summed E-state index contributed by atoms with van der Waals surface area (Å²) in [5.74, 6) is 0.259. The monoisotopic (exact) mass is 388 g/mol. The Kier molecular flexibility index (Phi) is 4.42. The highest BCUT2D eigenvalue weighted by atomic mass is 16.2. The largest absolute Gasteiger partial charge is 0.361 e. The summed E-state index contributed by atoms with van der Waals surface area (Å²) in [7, 11) is 1.91. The third-order valence-corrected chi connectivity index (χ3v) is 5.83. The molecule has 0 bridgehead atoms. The first-order valence-corrected chi connectivity index (χ1v) is 10.0. The lowest BCUT2D eigenvalue weighted by atomic mass is 9.93. The molecule has 0 fully saturated rings. The smallest absolute Gasteiger partial charge is 0.222 e. The van der Waals surface area contributed by atoms with Crippen molar-refractivity contribution >= 4 is 16.8 Å². The maximum Gasteiger partial charge on any atom is 0.222 e. The lowest BCUT2D eigenvalue weighted by molar-refractivity contribution is -0.132. The Morgan fingerprint density at radius 3 is 3.03 bits per heavy atom. The number of aromatic amines is 2. The number of para-hydroxylation sites is 1. The zero-order chi connectivity index (χ0) is 19.8. The molecule has 2 N–H and O–H groups in total. The zero-order valence-electron chi connectivity index (χ0n) is 16.4. The van der Waals surface area contributed by atoms with Crippen LogP contribution in [0.1, 0.15) is 41.3 Å². The predicted octanol–water partition coefficient (Wildman–Crippen LogP) is 3.12. The van der Waals surface area contributed by atoms with Gasteiger partial charge in [-0.3, -0.25) is 9.48 Å². The van der Waals surface area contributed by atoms with E-state index in [1.54, 1.807) is 11.0 Å². The van der Waals surface area contributed by atoms with Crippen LogP contribution in [0.25, 0.3) is 10.9 Å². The number of H-pyrrole nitrogens is 2. The molecule has 4 heterocycles. The second-order valence-electron chi connectivity index (χ2n) is 7.75. The molecule has 1 aliphatic heterocycles. The molecule has 29 heavy (non-hydrogen) atoms. The molecule has 0 spiro atoms. The average Bonchev–Trinajstić information content (AvgIpc) is 3.47. The molecule has 1 aromatic carbocycles. The molecule has 4 aromatic rings. The molecule has 0 saturated heterocycles. The predicted molar refractivity (Wildman–Crippen MR) is 110 cm³/mol. The summed E-state index contributed by atoms with van der Waals surface area (Å²) < 4.78 is 1.80. The fourth-order valence-corrected chi connectivity index (χ4v) is 4.32. The number of carbonyl (C=O) groups excluding carboxylic acids is 1. The summed E-state index contributed by atoms with van der Waals surface area (Å²) in [6, 6.07) is 8.30. The molecule has 1 atom stereocenters. The van der Waals surface area contributed by atoms with Crippen LogP contribution >= 0.6 is 0 Å². The zero-order valence-corrected chi connectivity index (χ0v) is 16.4. The second kappa shape index (κ2) is 7.24. The van der Waals surface area contributed by atoms with Crippen LogP contribution in [0, 0.1) is 0 Å². The van der Waals surface area contributed by atoms with Gasteiger partial charge < -0.3 is 14.9 Å². The van der Waals surface area contributed by atoms with E-state index in [0.29, 0.717) is 19.5 Å². The Morgan fingerprint density at radius 1 is 1.28 bits per heavy atom. The number of carbonyl (C=O) groups is 1. The molecule has 0 saturated carbocycles. The van der Waals surface area contributed by atoms with Crippen LogP contribution in [-0.2, 0) is 24.8 Å². The van der Waals surface area contributed by atoms with Crippen LogP contribution in [0.5, 0.6) is 0 Å². The number of hydrogen-bond donors (Lipinski definition) is 2. The van der Waals surface area contributed by atoms with Gasteiger partial charge >= 0.3 is 0 Å². The van der Waals surface area contributed by atoms with Crippen LogP contribution in [0.3, 0.4) is 0 Å². The van der Waals surface area contributed by atoms with Gasteiger partial charge in [0.25, 0.3) is 0 Å². The van der Waals surface area contributed by atoms with E-state index in [-0.39, 0.29) is 11.8 Å². The number of amides is 1. The molecule has 7 heteroatoms. The minimum Gasteiger partial charge on any atom is -0.361 e. The molecule has 148 valence electrons. The number of fused-ring (bicyclic) bond motifs is 2. The highest BCUT2D eigenvalue weighted by Gasteiger charge is 2.31. The number of imidazole rings is 1. The van der Waals surface area contributed by atoms with E-state index < -0.39 is 0 Å². The van der Waals surface area contributed by atoms with Gasteiger partial charge in [0.15, 0.2) is 0 Å². The highest BCUT2D eigenvalue weighted by Crippen LogP contribution is 2.31. The number of aromatic nitrogens is 5. The molecule has 1 aliphatic rings. The number of nitrogens with zero attached hydrogens (tertiary/aromatic N) is 4. The Labute approximate surface area is 168 Å². The Morgan fingerprint density at radius 2 is 2.17 bits per heavy atom. The van der Waals surface area contributed by atoms with Crippen molar-refractivity contribution < 1.29 is 4.79 Å². The van der Waals surface area contributed by atoms with Gasteiger partial charge in [0.1, 0.15) is 0 Å². The van der Waals surface area contributed by atoms with E-state index in [9.17, 15) is 4.79 Å². The molecule has 0 aliphatic carbocycles. The van der Waals surface area contributed by atoms with Crippen molar-refractivity contribution in [3.63, 3.8) is 0 Å². The van der Waals surface area contributed by atoms with Crippen molar-refractivity contribution in [2.45, 2.75) is 31.7 Å². The van der Waals surface area contributed by atoms with Gasteiger partial charge in [-0.1, -0.05) is 18.2 Å². The molecule has 1 unspecified atom stereocenters. The minimum absolute atomic E-state index is 0.0660. The van der Waals surface area contributed by atoms with Crippen LogP contribution in [-0.4, -0.2) is 42.1 Å². The fourth-order valence-electron chi connectivity index (χ4n) is 4.32. The summed E-state index contributed by atoms with van der Waals surface area (Å²) in [4.78, 5) is 25.9. The maximum absolute atomic E-state index is 13.0. The van der Waals surface area contributed by atoms with Gasteiger partial charge in [-0.15, -0.1) is 0 Å². The lowest BCUT2D eigenvalue weighted by Gasteiger charge is -2.31.